The van der Waals surface area contributed by atoms with Gasteiger partial charge in [-0.25, -0.2) is 13.4 Å². The number of hydrogen-bond acceptors (Lipinski definition) is 6. The standard InChI is InChI=1S/C12H16N4O2S2/c1-7-4-10(15-13)5-8(2)11(7)20(17,18)16-12-14-9(3)6-19-12/h4-6,15H,13H2,1-3H3,(H,14,16). The minimum absolute atomic E-state index is 0.254. The van der Waals surface area contributed by atoms with E-state index in [1.165, 1.54) is 11.3 Å². The molecule has 108 valence electrons. The number of nitrogens with one attached hydrogen (secondary N) is 2. The first-order valence-corrected chi connectivity index (χ1v) is 8.22. The highest BCUT2D eigenvalue weighted by Gasteiger charge is 2.21. The van der Waals surface area contributed by atoms with E-state index in [2.05, 4.69) is 15.1 Å². The van der Waals surface area contributed by atoms with Crippen LogP contribution in [0.15, 0.2) is 22.4 Å². The van der Waals surface area contributed by atoms with E-state index in [4.69, 9.17) is 5.84 Å². The number of benzene rings is 1. The molecule has 0 unspecified atom stereocenters. The second-order valence-corrected chi connectivity index (χ2v) is 6.96. The molecule has 0 aliphatic rings. The van der Waals surface area contributed by atoms with Crippen LogP contribution in [0.3, 0.4) is 0 Å². The largest absolute Gasteiger partial charge is 0.324 e. The number of nitrogen functional groups attached to an aromatic ring is 1. The molecule has 0 saturated heterocycles. The van der Waals surface area contributed by atoms with Crippen molar-refractivity contribution in [1.29, 1.82) is 0 Å². The van der Waals surface area contributed by atoms with Crippen LogP contribution in [0, 0.1) is 20.8 Å². The summed E-state index contributed by atoms with van der Waals surface area (Å²) in [6.07, 6.45) is 0. The van der Waals surface area contributed by atoms with Crippen molar-refractivity contribution >= 4 is 32.2 Å². The molecule has 0 saturated carbocycles. The summed E-state index contributed by atoms with van der Waals surface area (Å²) >= 11 is 1.26. The minimum Gasteiger partial charge on any atom is -0.324 e. The van der Waals surface area contributed by atoms with Crippen LogP contribution in [0.4, 0.5) is 10.8 Å². The van der Waals surface area contributed by atoms with Gasteiger partial charge < -0.3 is 5.43 Å². The zero-order chi connectivity index (χ0) is 14.9. The first-order chi connectivity index (χ1) is 9.33. The normalized spacial score (nSPS) is 11.4. The maximum Gasteiger partial charge on any atom is 0.264 e. The molecule has 0 radical (unpaired) electrons. The smallest absolute Gasteiger partial charge is 0.264 e. The Kier molecular flexibility index (Phi) is 3.98. The first kappa shape index (κ1) is 14.8. The maximum absolute atomic E-state index is 12.5. The van der Waals surface area contributed by atoms with Crippen LogP contribution in [0.1, 0.15) is 16.8 Å². The van der Waals surface area contributed by atoms with Crippen molar-refractivity contribution in [3.8, 4) is 0 Å². The number of thiazole rings is 1. The Morgan fingerprint density at radius 2 is 1.80 bits per heavy atom. The Hall–Kier alpha value is -1.64. The summed E-state index contributed by atoms with van der Waals surface area (Å²) < 4.78 is 27.4. The van der Waals surface area contributed by atoms with E-state index in [1.54, 1.807) is 31.4 Å². The van der Waals surface area contributed by atoms with Gasteiger partial charge in [0.15, 0.2) is 5.13 Å². The Balaban J connectivity index is 2.44. The molecule has 0 aliphatic heterocycles. The highest BCUT2D eigenvalue weighted by molar-refractivity contribution is 7.93. The van der Waals surface area contributed by atoms with Crippen molar-refractivity contribution in [2.75, 3.05) is 10.1 Å². The molecule has 0 amide bonds. The molecule has 1 aromatic carbocycles. The lowest BCUT2D eigenvalue weighted by molar-refractivity contribution is 0.600. The SMILES string of the molecule is Cc1csc(NS(=O)(=O)c2c(C)cc(NN)cc2C)n1. The number of sulfonamides is 1. The Bertz CT molecular complexity index is 715. The molecule has 0 bridgehead atoms. The topological polar surface area (TPSA) is 97.1 Å². The second-order valence-electron chi connectivity index (χ2n) is 4.48. The Morgan fingerprint density at radius 1 is 1.20 bits per heavy atom. The highest BCUT2D eigenvalue weighted by Crippen LogP contribution is 2.27. The number of hydrazine groups is 1. The van der Waals surface area contributed by atoms with Crippen LogP contribution in [0.5, 0.6) is 0 Å². The van der Waals surface area contributed by atoms with Gasteiger partial charge in [-0.2, -0.15) is 0 Å². The zero-order valence-corrected chi connectivity index (χ0v) is 13.0. The van der Waals surface area contributed by atoms with Gasteiger partial charge in [0.05, 0.1) is 10.6 Å². The van der Waals surface area contributed by atoms with Crippen molar-refractivity contribution in [3.05, 3.63) is 34.3 Å². The van der Waals surface area contributed by atoms with Crippen molar-refractivity contribution in [3.63, 3.8) is 0 Å². The van der Waals surface area contributed by atoms with Crippen LogP contribution >= 0.6 is 11.3 Å². The van der Waals surface area contributed by atoms with Crippen molar-refractivity contribution < 1.29 is 8.42 Å². The summed E-state index contributed by atoms with van der Waals surface area (Å²) in [6, 6.07) is 3.38. The molecule has 0 fully saturated rings. The predicted molar refractivity (Wildman–Crippen MR) is 81.4 cm³/mol. The van der Waals surface area contributed by atoms with Gasteiger partial charge in [-0.05, 0) is 44.0 Å². The highest BCUT2D eigenvalue weighted by atomic mass is 32.2. The van der Waals surface area contributed by atoms with Gasteiger partial charge in [-0.15, -0.1) is 11.3 Å². The van der Waals surface area contributed by atoms with Gasteiger partial charge in [0.2, 0.25) is 0 Å². The number of nitrogens with two attached hydrogens (primary N) is 1. The van der Waals surface area contributed by atoms with Crippen LogP contribution in [0.2, 0.25) is 0 Å². The average molecular weight is 312 g/mol. The number of hydrogen-bond donors (Lipinski definition) is 3. The van der Waals surface area contributed by atoms with E-state index in [9.17, 15) is 8.42 Å². The van der Waals surface area contributed by atoms with E-state index in [1.807, 2.05) is 6.92 Å². The fourth-order valence-corrected chi connectivity index (χ4v) is 4.42. The minimum atomic E-state index is -3.66. The predicted octanol–water partition coefficient (Wildman–Crippen LogP) is 2.15. The lowest BCUT2D eigenvalue weighted by Gasteiger charge is -2.13. The number of rotatable bonds is 4. The van der Waals surface area contributed by atoms with Crippen molar-refractivity contribution in [2.24, 2.45) is 5.84 Å². The molecule has 20 heavy (non-hydrogen) atoms. The van der Waals surface area contributed by atoms with E-state index < -0.39 is 10.0 Å². The third kappa shape index (κ3) is 2.92. The third-order valence-electron chi connectivity index (χ3n) is 2.74. The zero-order valence-electron chi connectivity index (χ0n) is 11.4. The van der Waals surface area contributed by atoms with Crippen LogP contribution < -0.4 is 16.0 Å². The molecule has 8 heteroatoms. The summed E-state index contributed by atoms with van der Waals surface area (Å²) in [6.45, 7) is 5.28. The molecular weight excluding hydrogens is 296 g/mol. The molecule has 2 aromatic rings. The monoisotopic (exact) mass is 312 g/mol. The Labute approximate surface area is 122 Å². The third-order valence-corrected chi connectivity index (χ3v) is 5.38. The van der Waals surface area contributed by atoms with E-state index in [-0.39, 0.29) is 4.90 Å². The average Bonchev–Trinajstić information content (AvgIpc) is 2.72. The van der Waals surface area contributed by atoms with Gasteiger partial charge >= 0.3 is 0 Å². The van der Waals surface area contributed by atoms with Gasteiger partial charge in [0.25, 0.3) is 10.0 Å². The van der Waals surface area contributed by atoms with Crippen molar-refractivity contribution in [1.82, 2.24) is 4.98 Å². The summed E-state index contributed by atoms with van der Waals surface area (Å²) in [5.74, 6) is 5.35. The van der Waals surface area contributed by atoms with E-state index >= 15 is 0 Å². The summed E-state index contributed by atoms with van der Waals surface area (Å²) in [4.78, 5) is 4.36. The second kappa shape index (κ2) is 5.39. The van der Waals surface area contributed by atoms with Crippen LogP contribution in [-0.2, 0) is 10.0 Å². The van der Waals surface area contributed by atoms with Gasteiger partial charge in [-0.1, -0.05) is 0 Å². The van der Waals surface area contributed by atoms with Crippen molar-refractivity contribution in [2.45, 2.75) is 25.7 Å². The Morgan fingerprint density at radius 3 is 2.25 bits per heavy atom. The molecule has 6 nitrogen and oxygen atoms in total. The number of aromatic nitrogens is 1. The number of nitrogens with zero attached hydrogens (tertiary/aromatic N) is 1. The lowest BCUT2D eigenvalue weighted by atomic mass is 10.1. The van der Waals surface area contributed by atoms with Gasteiger partial charge in [0.1, 0.15) is 0 Å². The van der Waals surface area contributed by atoms with Gasteiger partial charge in [0, 0.05) is 11.1 Å². The molecule has 0 atom stereocenters. The summed E-state index contributed by atoms with van der Waals surface area (Å²) in [5, 5.41) is 2.15. The molecule has 1 aromatic heterocycles. The van der Waals surface area contributed by atoms with Gasteiger partial charge in [-0.3, -0.25) is 10.6 Å². The molecular formula is C12H16N4O2S2. The fraction of sp³-hybridized carbons (Fsp3) is 0.250. The molecule has 2 rings (SSSR count). The maximum atomic E-state index is 12.5. The molecule has 0 aliphatic carbocycles. The first-order valence-electron chi connectivity index (χ1n) is 5.86. The summed E-state index contributed by atoms with van der Waals surface area (Å²) in [5.41, 5.74) is 5.21. The van der Waals surface area contributed by atoms with E-state index in [0.717, 1.165) is 5.69 Å². The van der Waals surface area contributed by atoms with E-state index in [0.29, 0.717) is 21.9 Å². The number of aryl methyl sites for hydroxylation is 3. The molecule has 0 spiro atoms. The van der Waals surface area contributed by atoms with Crippen LogP contribution in [-0.4, -0.2) is 13.4 Å². The molecule has 4 N–H and O–H groups in total. The molecule has 1 heterocycles. The number of anilines is 2. The van der Waals surface area contributed by atoms with Crippen LogP contribution in [0.25, 0.3) is 0 Å². The summed E-state index contributed by atoms with van der Waals surface area (Å²) in [7, 11) is -3.66. The lowest BCUT2D eigenvalue weighted by Crippen LogP contribution is -2.16. The fourth-order valence-electron chi connectivity index (χ4n) is 2.02. The quantitative estimate of drug-likeness (QED) is 0.594.